The number of aromatic nitrogens is 2. The highest BCUT2D eigenvalue weighted by Gasteiger charge is 2.15. The van der Waals surface area contributed by atoms with E-state index in [1.165, 1.54) is 0 Å². The van der Waals surface area contributed by atoms with E-state index in [4.69, 9.17) is 16.1 Å². The average molecular weight is 314 g/mol. The molecule has 3 rings (SSSR count). The van der Waals surface area contributed by atoms with Gasteiger partial charge in [0.15, 0.2) is 0 Å². The standard InChI is InChI=1S/C17H16ClN3O/c1-11-8-9-14(10-15(11)18)19-12(2)17-20-16(21-22-17)13-6-4-3-5-7-13/h3-10,12,19H,1-2H3. The van der Waals surface area contributed by atoms with E-state index in [0.29, 0.717) is 11.7 Å². The fourth-order valence-corrected chi connectivity index (χ4v) is 2.29. The van der Waals surface area contributed by atoms with Crippen LogP contribution in [0.4, 0.5) is 5.69 Å². The van der Waals surface area contributed by atoms with Crippen LogP contribution in [0.25, 0.3) is 11.4 Å². The lowest BCUT2D eigenvalue weighted by atomic mass is 10.2. The fourth-order valence-electron chi connectivity index (χ4n) is 2.11. The molecule has 4 nitrogen and oxygen atoms in total. The van der Waals surface area contributed by atoms with Gasteiger partial charge in [-0.2, -0.15) is 4.98 Å². The van der Waals surface area contributed by atoms with Gasteiger partial charge in [0.25, 0.3) is 0 Å². The van der Waals surface area contributed by atoms with E-state index in [-0.39, 0.29) is 6.04 Å². The third-order valence-corrected chi connectivity index (χ3v) is 3.81. The zero-order valence-corrected chi connectivity index (χ0v) is 13.1. The van der Waals surface area contributed by atoms with Gasteiger partial charge in [-0.05, 0) is 31.5 Å². The van der Waals surface area contributed by atoms with Gasteiger partial charge in [-0.1, -0.05) is 53.2 Å². The SMILES string of the molecule is Cc1ccc(NC(C)c2nc(-c3ccccc3)no2)cc1Cl. The monoisotopic (exact) mass is 313 g/mol. The third kappa shape index (κ3) is 3.12. The molecule has 0 saturated carbocycles. The number of halogens is 1. The first-order chi connectivity index (χ1) is 10.6. The number of aryl methyl sites for hydroxylation is 1. The first kappa shape index (κ1) is 14.6. The van der Waals surface area contributed by atoms with Crippen molar-refractivity contribution in [2.45, 2.75) is 19.9 Å². The van der Waals surface area contributed by atoms with Crippen molar-refractivity contribution in [1.29, 1.82) is 0 Å². The maximum absolute atomic E-state index is 6.14. The summed E-state index contributed by atoms with van der Waals surface area (Å²) in [4.78, 5) is 4.44. The maximum Gasteiger partial charge on any atom is 0.249 e. The van der Waals surface area contributed by atoms with Crippen LogP contribution < -0.4 is 5.32 Å². The molecule has 0 aliphatic rings. The summed E-state index contributed by atoms with van der Waals surface area (Å²) in [7, 11) is 0. The molecule has 3 aromatic rings. The predicted octanol–water partition coefficient (Wildman–Crippen LogP) is 4.87. The Bertz CT molecular complexity index is 771. The highest BCUT2D eigenvalue weighted by molar-refractivity contribution is 6.31. The summed E-state index contributed by atoms with van der Waals surface area (Å²) in [6, 6.07) is 15.5. The topological polar surface area (TPSA) is 51.0 Å². The van der Waals surface area contributed by atoms with Gasteiger partial charge >= 0.3 is 0 Å². The molecule has 0 saturated heterocycles. The highest BCUT2D eigenvalue weighted by atomic mass is 35.5. The zero-order chi connectivity index (χ0) is 15.5. The molecular formula is C17H16ClN3O. The van der Waals surface area contributed by atoms with Gasteiger partial charge in [0.2, 0.25) is 11.7 Å². The van der Waals surface area contributed by atoms with E-state index < -0.39 is 0 Å². The molecule has 0 radical (unpaired) electrons. The third-order valence-electron chi connectivity index (χ3n) is 3.40. The van der Waals surface area contributed by atoms with Gasteiger partial charge in [0.1, 0.15) is 6.04 Å². The molecule has 112 valence electrons. The van der Waals surface area contributed by atoms with Crippen LogP contribution >= 0.6 is 11.6 Å². The number of anilines is 1. The molecule has 2 aromatic carbocycles. The molecule has 1 heterocycles. The van der Waals surface area contributed by atoms with E-state index in [0.717, 1.165) is 21.8 Å². The second kappa shape index (κ2) is 6.20. The van der Waals surface area contributed by atoms with Crippen LogP contribution in [-0.2, 0) is 0 Å². The Morgan fingerprint density at radius 3 is 2.64 bits per heavy atom. The molecule has 1 atom stereocenters. The molecule has 0 fully saturated rings. The molecule has 1 unspecified atom stereocenters. The molecule has 5 heteroatoms. The van der Waals surface area contributed by atoms with Crippen molar-refractivity contribution in [1.82, 2.24) is 10.1 Å². The first-order valence-corrected chi connectivity index (χ1v) is 7.43. The number of nitrogens with one attached hydrogen (secondary N) is 1. The summed E-state index contributed by atoms with van der Waals surface area (Å²) >= 11 is 6.14. The van der Waals surface area contributed by atoms with Gasteiger partial charge in [-0.3, -0.25) is 0 Å². The smallest absolute Gasteiger partial charge is 0.249 e. The quantitative estimate of drug-likeness (QED) is 0.746. The molecule has 0 aliphatic carbocycles. The van der Waals surface area contributed by atoms with Crippen molar-refractivity contribution in [2.75, 3.05) is 5.32 Å². The number of hydrogen-bond donors (Lipinski definition) is 1. The van der Waals surface area contributed by atoms with Crippen LogP contribution in [0.2, 0.25) is 5.02 Å². The van der Waals surface area contributed by atoms with Crippen LogP contribution in [0.3, 0.4) is 0 Å². The van der Waals surface area contributed by atoms with Gasteiger partial charge in [-0.25, -0.2) is 0 Å². The van der Waals surface area contributed by atoms with Crippen LogP contribution in [0.15, 0.2) is 53.1 Å². The predicted molar refractivity (Wildman–Crippen MR) is 88.0 cm³/mol. The molecular weight excluding hydrogens is 298 g/mol. The fraction of sp³-hybridized carbons (Fsp3) is 0.176. The van der Waals surface area contributed by atoms with E-state index in [9.17, 15) is 0 Å². The summed E-state index contributed by atoms with van der Waals surface area (Å²) in [5.41, 5.74) is 2.90. The summed E-state index contributed by atoms with van der Waals surface area (Å²) < 4.78 is 5.35. The van der Waals surface area contributed by atoms with Crippen LogP contribution in [0.5, 0.6) is 0 Å². The molecule has 0 bridgehead atoms. The summed E-state index contributed by atoms with van der Waals surface area (Å²) in [5, 5.41) is 8.07. The minimum absolute atomic E-state index is 0.108. The molecule has 0 amide bonds. The number of hydrogen-bond acceptors (Lipinski definition) is 4. The van der Waals surface area contributed by atoms with Crippen LogP contribution in [0.1, 0.15) is 24.4 Å². The van der Waals surface area contributed by atoms with Crippen molar-refractivity contribution in [3.63, 3.8) is 0 Å². The van der Waals surface area contributed by atoms with Crippen LogP contribution in [0, 0.1) is 6.92 Å². The lowest BCUT2D eigenvalue weighted by Gasteiger charge is -2.12. The van der Waals surface area contributed by atoms with E-state index in [1.54, 1.807) is 0 Å². The molecule has 22 heavy (non-hydrogen) atoms. The van der Waals surface area contributed by atoms with Crippen molar-refractivity contribution < 1.29 is 4.52 Å². The Hall–Kier alpha value is -2.33. The van der Waals surface area contributed by atoms with Crippen molar-refractivity contribution in [3.05, 3.63) is 65.0 Å². The molecule has 0 spiro atoms. The summed E-state index contributed by atoms with van der Waals surface area (Å²) in [6.45, 7) is 3.94. The normalized spacial score (nSPS) is 12.1. The Morgan fingerprint density at radius 2 is 1.91 bits per heavy atom. The van der Waals surface area contributed by atoms with Crippen molar-refractivity contribution in [2.24, 2.45) is 0 Å². The molecule has 1 N–H and O–H groups in total. The Balaban J connectivity index is 1.77. The van der Waals surface area contributed by atoms with Crippen molar-refractivity contribution >= 4 is 17.3 Å². The Labute approximate surface area is 134 Å². The summed E-state index contributed by atoms with van der Waals surface area (Å²) in [5.74, 6) is 1.13. The Kier molecular flexibility index (Phi) is 4.11. The zero-order valence-electron chi connectivity index (χ0n) is 12.4. The summed E-state index contributed by atoms with van der Waals surface area (Å²) in [6.07, 6.45) is 0. The van der Waals surface area contributed by atoms with Crippen LogP contribution in [-0.4, -0.2) is 10.1 Å². The van der Waals surface area contributed by atoms with Gasteiger partial charge in [-0.15, -0.1) is 0 Å². The van der Waals surface area contributed by atoms with Gasteiger partial charge < -0.3 is 9.84 Å². The lowest BCUT2D eigenvalue weighted by molar-refractivity contribution is 0.368. The Morgan fingerprint density at radius 1 is 1.14 bits per heavy atom. The highest BCUT2D eigenvalue weighted by Crippen LogP contribution is 2.24. The molecule has 1 aromatic heterocycles. The number of nitrogens with zero attached hydrogens (tertiary/aromatic N) is 2. The van der Waals surface area contributed by atoms with E-state index in [1.807, 2.05) is 62.4 Å². The first-order valence-electron chi connectivity index (χ1n) is 7.05. The molecule has 0 aliphatic heterocycles. The minimum Gasteiger partial charge on any atom is -0.374 e. The van der Waals surface area contributed by atoms with Crippen molar-refractivity contribution in [3.8, 4) is 11.4 Å². The lowest BCUT2D eigenvalue weighted by Crippen LogP contribution is -2.07. The second-order valence-corrected chi connectivity index (χ2v) is 5.56. The minimum atomic E-state index is -0.108. The van der Waals surface area contributed by atoms with Gasteiger partial charge in [0, 0.05) is 16.3 Å². The van der Waals surface area contributed by atoms with E-state index >= 15 is 0 Å². The average Bonchev–Trinajstić information content (AvgIpc) is 3.02. The second-order valence-electron chi connectivity index (χ2n) is 5.15. The van der Waals surface area contributed by atoms with Gasteiger partial charge in [0.05, 0.1) is 0 Å². The number of rotatable bonds is 4. The van der Waals surface area contributed by atoms with E-state index in [2.05, 4.69) is 15.5 Å². The largest absolute Gasteiger partial charge is 0.374 e. The number of benzene rings is 2. The maximum atomic E-state index is 6.14.